The molecule has 1 aromatic carbocycles. The lowest BCUT2D eigenvalue weighted by molar-refractivity contribution is -0.154. The normalized spacial score (nSPS) is 21.4. The number of hydrogen-bond donors (Lipinski definition) is 1. The van der Waals surface area contributed by atoms with Gasteiger partial charge in [0.1, 0.15) is 12.7 Å². The molecule has 0 bridgehead atoms. The molecular formula is C16H24FN3O5S. The minimum absolute atomic E-state index is 0.0289. The molecule has 146 valence electrons. The first-order valence-electron chi connectivity index (χ1n) is 8.12. The monoisotopic (exact) mass is 389 g/mol. The van der Waals surface area contributed by atoms with Crippen molar-refractivity contribution >= 4 is 15.9 Å². The van der Waals surface area contributed by atoms with Gasteiger partial charge in [-0.25, -0.2) is 17.9 Å². The quantitative estimate of drug-likeness (QED) is 0.736. The van der Waals surface area contributed by atoms with Crippen molar-refractivity contribution in [2.45, 2.75) is 24.0 Å². The highest BCUT2D eigenvalue weighted by Gasteiger charge is 2.30. The Morgan fingerprint density at radius 2 is 2.15 bits per heavy atom. The predicted molar refractivity (Wildman–Crippen MR) is 92.7 cm³/mol. The van der Waals surface area contributed by atoms with Gasteiger partial charge >= 0.3 is 0 Å². The van der Waals surface area contributed by atoms with Crippen molar-refractivity contribution in [2.75, 3.05) is 40.3 Å². The van der Waals surface area contributed by atoms with E-state index in [4.69, 9.17) is 14.6 Å². The van der Waals surface area contributed by atoms with E-state index >= 15 is 0 Å². The molecule has 1 aliphatic rings. The minimum atomic E-state index is -3.98. The van der Waals surface area contributed by atoms with E-state index in [1.807, 2.05) is 18.9 Å². The lowest BCUT2D eigenvalue weighted by atomic mass is 10.2. The third-order valence-electron chi connectivity index (χ3n) is 4.01. The number of nitrogens with two attached hydrogens (primary N) is 1. The number of sulfonamides is 1. The van der Waals surface area contributed by atoms with E-state index in [0.29, 0.717) is 6.54 Å². The van der Waals surface area contributed by atoms with Crippen molar-refractivity contribution in [1.82, 2.24) is 9.80 Å². The van der Waals surface area contributed by atoms with Crippen molar-refractivity contribution in [3.8, 4) is 5.75 Å². The van der Waals surface area contributed by atoms with Gasteiger partial charge in [-0.3, -0.25) is 4.79 Å². The number of benzene rings is 1. The molecule has 2 rings (SSSR count). The maximum Gasteiger partial charge on any atom is 0.252 e. The van der Waals surface area contributed by atoms with Crippen molar-refractivity contribution in [1.29, 1.82) is 0 Å². The van der Waals surface area contributed by atoms with Gasteiger partial charge in [0.05, 0.1) is 17.5 Å². The fraction of sp³-hybridized carbons (Fsp3) is 0.562. The van der Waals surface area contributed by atoms with Gasteiger partial charge in [-0.05, 0) is 32.2 Å². The average Bonchev–Trinajstić information content (AvgIpc) is 2.53. The number of primary sulfonamides is 1. The summed E-state index contributed by atoms with van der Waals surface area (Å²) in [5.41, 5.74) is 0. The molecule has 8 nitrogen and oxygen atoms in total. The Kier molecular flexibility index (Phi) is 6.56. The van der Waals surface area contributed by atoms with Gasteiger partial charge in [0, 0.05) is 20.1 Å². The van der Waals surface area contributed by atoms with Crippen molar-refractivity contribution < 1.29 is 27.1 Å². The summed E-state index contributed by atoms with van der Waals surface area (Å²) in [7, 11) is -0.428. The Labute approximate surface area is 152 Å². The third-order valence-corrected chi connectivity index (χ3v) is 4.92. The zero-order chi connectivity index (χ0) is 19.5. The zero-order valence-corrected chi connectivity index (χ0v) is 15.8. The van der Waals surface area contributed by atoms with Crippen LogP contribution in [0, 0.1) is 5.82 Å². The number of ether oxygens (including phenoxy) is 2. The number of amides is 1. The minimum Gasteiger partial charge on any atom is -0.489 e. The van der Waals surface area contributed by atoms with Crippen LogP contribution in [0.3, 0.4) is 0 Å². The predicted octanol–water partition coefficient (Wildman–Crippen LogP) is 0.0294. The molecule has 2 atom stereocenters. The molecule has 0 aliphatic carbocycles. The second-order valence-corrected chi connectivity index (χ2v) is 7.96. The molecule has 1 fully saturated rings. The largest absolute Gasteiger partial charge is 0.489 e. The van der Waals surface area contributed by atoms with Crippen LogP contribution >= 0.6 is 0 Å². The first-order valence-corrected chi connectivity index (χ1v) is 9.66. The number of carbonyl (C=O) groups is 1. The summed E-state index contributed by atoms with van der Waals surface area (Å²) in [6.07, 6.45) is -0.571. The lowest BCUT2D eigenvalue weighted by Gasteiger charge is -2.35. The number of morpholine rings is 1. The number of likely N-dealkylation sites (N-methyl/N-ethyl adjacent to an activating group) is 2. The van der Waals surface area contributed by atoms with E-state index in [1.165, 1.54) is 11.0 Å². The number of nitrogens with zero attached hydrogens (tertiary/aromatic N) is 2. The average molecular weight is 389 g/mol. The SMILES string of the molecule is C[C@@H]1CN(C)C[C@H](C(=O)N(C)CCOc2ccc(S(N)(=O)=O)cc2F)O1. The summed E-state index contributed by atoms with van der Waals surface area (Å²) in [6.45, 7) is 3.47. The molecule has 0 unspecified atom stereocenters. The molecule has 0 radical (unpaired) electrons. The zero-order valence-electron chi connectivity index (χ0n) is 15.0. The maximum absolute atomic E-state index is 13.9. The Bertz CT molecular complexity index is 748. The summed E-state index contributed by atoms with van der Waals surface area (Å²) >= 11 is 0. The standard InChI is InChI=1S/C16H24FN3O5S/c1-11-9-19(2)10-15(25-11)16(21)20(3)6-7-24-14-5-4-12(8-13(14)17)26(18,22)23/h4-5,8,11,15H,6-7,9-10H2,1-3H3,(H2,18,22,23)/t11-,15-/m1/s1. The highest BCUT2D eigenvalue weighted by molar-refractivity contribution is 7.89. The summed E-state index contributed by atoms with van der Waals surface area (Å²) < 4.78 is 47.2. The number of carbonyl (C=O) groups excluding carboxylic acids is 1. The second kappa shape index (κ2) is 8.30. The van der Waals surface area contributed by atoms with Crippen LogP contribution in [0.5, 0.6) is 5.75 Å². The van der Waals surface area contributed by atoms with E-state index in [9.17, 15) is 17.6 Å². The third kappa shape index (κ3) is 5.37. The smallest absolute Gasteiger partial charge is 0.252 e. The van der Waals surface area contributed by atoms with Crippen molar-refractivity contribution in [3.05, 3.63) is 24.0 Å². The van der Waals surface area contributed by atoms with Gasteiger partial charge in [0.25, 0.3) is 5.91 Å². The van der Waals surface area contributed by atoms with Crippen LogP contribution in [0.25, 0.3) is 0 Å². The van der Waals surface area contributed by atoms with Gasteiger partial charge < -0.3 is 19.3 Å². The van der Waals surface area contributed by atoms with Crippen LogP contribution in [0.1, 0.15) is 6.92 Å². The summed E-state index contributed by atoms with van der Waals surface area (Å²) in [4.78, 5) is 15.6. The second-order valence-electron chi connectivity index (χ2n) is 6.40. The molecule has 0 spiro atoms. The van der Waals surface area contributed by atoms with Gasteiger partial charge in [-0.15, -0.1) is 0 Å². The molecule has 1 saturated heterocycles. The molecule has 1 amide bonds. The van der Waals surface area contributed by atoms with Crippen LogP contribution in [0.15, 0.2) is 23.1 Å². The van der Waals surface area contributed by atoms with Crippen molar-refractivity contribution in [2.24, 2.45) is 5.14 Å². The molecule has 0 saturated carbocycles. The van der Waals surface area contributed by atoms with Gasteiger partial charge in [0.2, 0.25) is 10.0 Å². The molecule has 26 heavy (non-hydrogen) atoms. The highest BCUT2D eigenvalue weighted by atomic mass is 32.2. The van der Waals surface area contributed by atoms with Crippen LogP contribution < -0.4 is 9.88 Å². The maximum atomic E-state index is 13.9. The lowest BCUT2D eigenvalue weighted by Crippen LogP contribution is -2.52. The topological polar surface area (TPSA) is 102 Å². The first kappa shape index (κ1) is 20.6. The molecule has 10 heteroatoms. The fourth-order valence-corrected chi connectivity index (χ4v) is 3.25. The van der Waals surface area contributed by atoms with Crippen LogP contribution in [-0.2, 0) is 19.6 Å². The van der Waals surface area contributed by atoms with E-state index in [2.05, 4.69) is 0 Å². The van der Waals surface area contributed by atoms with Crippen LogP contribution in [0.2, 0.25) is 0 Å². The summed E-state index contributed by atoms with van der Waals surface area (Å²) in [5, 5.41) is 4.94. The molecule has 1 aliphatic heterocycles. The van der Waals surface area contributed by atoms with Crippen LogP contribution in [-0.4, -0.2) is 76.7 Å². The Hall–Kier alpha value is -1.75. The molecule has 1 heterocycles. The Balaban J connectivity index is 1.88. The summed E-state index contributed by atoms with van der Waals surface area (Å²) in [6, 6.07) is 3.15. The molecule has 2 N–H and O–H groups in total. The van der Waals surface area contributed by atoms with Gasteiger partial charge in [0.15, 0.2) is 11.6 Å². The number of rotatable bonds is 6. The Morgan fingerprint density at radius 3 is 2.73 bits per heavy atom. The molecule has 0 aromatic heterocycles. The number of hydrogen-bond acceptors (Lipinski definition) is 6. The van der Waals surface area contributed by atoms with Crippen LogP contribution in [0.4, 0.5) is 4.39 Å². The van der Waals surface area contributed by atoms with E-state index < -0.39 is 21.9 Å². The first-order chi connectivity index (χ1) is 12.1. The number of halogens is 1. The summed E-state index contributed by atoms with van der Waals surface area (Å²) in [5.74, 6) is -1.12. The van der Waals surface area contributed by atoms with Gasteiger partial charge in [-0.2, -0.15) is 0 Å². The molecule has 1 aromatic rings. The van der Waals surface area contributed by atoms with E-state index in [0.717, 1.165) is 18.7 Å². The van der Waals surface area contributed by atoms with Crippen molar-refractivity contribution in [3.63, 3.8) is 0 Å². The van der Waals surface area contributed by atoms with Gasteiger partial charge in [-0.1, -0.05) is 0 Å². The Morgan fingerprint density at radius 1 is 1.46 bits per heavy atom. The molecular weight excluding hydrogens is 365 g/mol. The van der Waals surface area contributed by atoms with E-state index in [-0.39, 0.29) is 35.8 Å². The fourth-order valence-electron chi connectivity index (χ4n) is 2.72. The highest BCUT2D eigenvalue weighted by Crippen LogP contribution is 2.20. The van der Waals surface area contributed by atoms with E-state index in [1.54, 1.807) is 7.05 Å².